The number of piperidine rings is 3. The molecule has 124 valence electrons. The minimum atomic E-state index is 0.0500. The number of amides is 2. The molecule has 0 aliphatic carbocycles. The highest BCUT2D eigenvalue weighted by molar-refractivity contribution is 5.82. The Kier molecular flexibility index (Phi) is 5.34. The highest BCUT2D eigenvalue weighted by Gasteiger charge is 2.30. The molecule has 3 saturated heterocycles. The zero-order chi connectivity index (χ0) is 15.4. The van der Waals surface area contributed by atoms with Crippen LogP contribution in [0.4, 0.5) is 0 Å². The number of nitrogens with zero attached hydrogens (tertiary/aromatic N) is 2. The topological polar surface area (TPSA) is 52.7 Å². The minimum Gasteiger partial charge on any atom is -0.342 e. The van der Waals surface area contributed by atoms with Gasteiger partial charge in [0.1, 0.15) is 0 Å². The molecule has 0 aromatic rings. The summed E-state index contributed by atoms with van der Waals surface area (Å²) in [4.78, 5) is 28.5. The lowest BCUT2D eigenvalue weighted by molar-refractivity contribution is -0.137. The van der Waals surface area contributed by atoms with E-state index in [9.17, 15) is 9.59 Å². The summed E-state index contributed by atoms with van der Waals surface area (Å²) in [5.74, 6) is 1.20. The van der Waals surface area contributed by atoms with Crippen LogP contribution >= 0.6 is 0 Å². The average Bonchev–Trinajstić information content (AvgIpc) is 2.58. The molecule has 0 spiro atoms. The largest absolute Gasteiger partial charge is 0.342 e. The van der Waals surface area contributed by atoms with Gasteiger partial charge in [0.25, 0.3) is 0 Å². The predicted molar refractivity (Wildman–Crippen MR) is 85.4 cm³/mol. The maximum absolute atomic E-state index is 12.5. The summed E-state index contributed by atoms with van der Waals surface area (Å²) in [6, 6.07) is 0.0500. The lowest BCUT2D eigenvalue weighted by Crippen LogP contribution is -2.51. The normalized spacial score (nSPS) is 28.0. The third-order valence-electron chi connectivity index (χ3n) is 5.43. The SMILES string of the molecule is O=C1CCCCN1CC1CCN(C(=O)C2CCCCN2)CC1. The molecule has 3 fully saturated rings. The smallest absolute Gasteiger partial charge is 0.239 e. The van der Waals surface area contributed by atoms with Crippen LogP contribution in [-0.2, 0) is 9.59 Å². The van der Waals surface area contributed by atoms with Crippen molar-refractivity contribution in [3.05, 3.63) is 0 Å². The molecule has 5 heteroatoms. The Morgan fingerprint density at radius 3 is 2.55 bits per heavy atom. The Balaban J connectivity index is 1.43. The molecule has 3 aliphatic rings. The highest BCUT2D eigenvalue weighted by atomic mass is 16.2. The molecule has 0 aromatic carbocycles. The van der Waals surface area contributed by atoms with Gasteiger partial charge in [0.2, 0.25) is 11.8 Å². The van der Waals surface area contributed by atoms with Crippen LogP contribution in [0.25, 0.3) is 0 Å². The second-order valence-electron chi connectivity index (χ2n) is 7.07. The Bertz CT molecular complexity index is 399. The van der Waals surface area contributed by atoms with Crippen LogP contribution in [0.2, 0.25) is 0 Å². The van der Waals surface area contributed by atoms with E-state index < -0.39 is 0 Å². The van der Waals surface area contributed by atoms with Gasteiger partial charge < -0.3 is 15.1 Å². The Labute approximate surface area is 133 Å². The molecule has 22 heavy (non-hydrogen) atoms. The quantitative estimate of drug-likeness (QED) is 0.857. The second kappa shape index (κ2) is 7.44. The van der Waals surface area contributed by atoms with E-state index in [4.69, 9.17) is 0 Å². The van der Waals surface area contributed by atoms with E-state index in [-0.39, 0.29) is 6.04 Å². The maximum Gasteiger partial charge on any atom is 0.239 e. The van der Waals surface area contributed by atoms with Gasteiger partial charge in [-0.1, -0.05) is 6.42 Å². The van der Waals surface area contributed by atoms with Crippen molar-refractivity contribution in [1.82, 2.24) is 15.1 Å². The second-order valence-corrected chi connectivity index (χ2v) is 7.07. The summed E-state index contributed by atoms with van der Waals surface area (Å²) >= 11 is 0. The first kappa shape index (κ1) is 15.8. The van der Waals surface area contributed by atoms with Crippen LogP contribution in [0.15, 0.2) is 0 Å². The number of hydrogen-bond donors (Lipinski definition) is 1. The molecular weight excluding hydrogens is 278 g/mol. The van der Waals surface area contributed by atoms with Gasteiger partial charge in [0.15, 0.2) is 0 Å². The number of rotatable bonds is 3. The zero-order valence-electron chi connectivity index (χ0n) is 13.6. The van der Waals surface area contributed by atoms with Crippen LogP contribution in [-0.4, -0.2) is 60.4 Å². The van der Waals surface area contributed by atoms with Crippen LogP contribution < -0.4 is 5.32 Å². The molecule has 0 radical (unpaired) electrons. The van der Waals surface area contributed by atoms with E-state index in [2.05, 4.69) is 5.32 Å². The maximum atomic E-state index is 12.5. The molecule has 2 amide bonds. The fourth-order valence-corrected chi connectivity index (χ4v) is 3.99. The first-order valence-electron chi connectivity index (χ1n) is 9.04. The summed E-state index contributed by atoms with van der Waals surface area (Å²) in [5.41, 5.74) is 0. The Hall–Kier alpha value is -1.10. The first-order chi connectivity index (χ1) is 10.7. The average molecular weight is 307 g/mol. The highest BCUT2D eigenvalue weighted by Crippen LogP contribution is 2.22. The van der Waals surface area contributed by atoms with Gasteiger partial charge in [-0.15, -0.1) is 0 Å². The molecule has 3 heterocycles. The van der Waals surface area contributed by atoms with Crippen molar-refractivity contribution in [2.45, 2.75) is 57.4 Å². The number of likely N-dealkylation sites (tertiary alicyclic amines) is 2. The van der Waals surface area contributed by atoms with Crippen molar-refractivity contribution in [3.8, 4) is 0 Å². The van der Waals surface area contributed by atoms with E-state index in [0.29, 0.717) is 17.7 Å². The molecule has 0 bridgehead atoms. The molecule has 3 aliphatic heterocycles. The number of nitrogens with one attached hydrogen (secondary N) is 1. The number of hydrogen-bond acceptors (Lipinski definition) is 3. The minimum absolute atomic E-state index is 0.0500. The Morgan fingerprint density at radius 1 is 1.05 bits per heavy atom. The fraction of sp³-hybridized carbons (Fsp3) is 0.882. The molecule has 0 saturated carbocycles. The molecule has 3 rings (SSSR count). The van der Waals surface area contributed by atoms with E-state index in [1.54, 1.807) is 0 Å². The predicted octanol–water partition coefficient (Wildman–Crippen LogP) is 1.38. The lowest BCUT2D eigenvalue weighted by Gasteiger charge is -2.38. The summed E-state index contributed by atoms with van der Waals surface area (Å²) in [6.45, 7) is 4.55. The summed E-state index contributed by atoms with van der Waals surface area (Å²) in [6.07, 6.45) is 8.36. The van der Waals surface area contributed by atoms with Crippen molar-refractivity contribution in [2.24, 2.45) is 5.92 Å². The number of carbonyl (C=O) groups excluding carboxylic acids is 2. The van der Waals surface area contributed by atoms with Crippen molar-refractivity contribution >= 4 is 11.8 Å². The van der Waals surface area contributed by atoms with Crippen molar-refractivity contribution in [2.75, 3.05) is 32.7 Å². The van der Waals surface area contributed by atoms with Crippen molar-refractivity contribution in [3.63, 3.8) is 0 Å². The summed E-state index contributed by atoms with van der Waals surface area (Å²) in [7, 11) is 0. The van der Waals surface area contributed by atoms with Crippen LogP contribution in [0.5, 0.6) is 0 Å². The first-order valence-corrected chi connectivity index (χ1v) is 9.04. The third-order valence-corrected chi connectivity index (χ3v) is 5.43. The molecule has 5 nitrogen and oxygen atoms in total. The molecule has 0 aromatic heterocycles. The van der Waals surface area contributed by atoms with E-state index in [1.807, 2.05) is 9.80 Å². The van der Waals surface area contributed by atoms with Gasteiger partial charge in [0.05, 0.1) is 6.04 Å². The standard InChI is InChI=1S/C17H29N3O2/c21-16-6-2-4-10-20(16)13-14-7-11-19(12-8-14)17(22)15-5-1-3-9-18-15/h14-15,18H,1-13H2. The zero-order valence-corrected chi connectivity index (χ0v) is 13.6. The fourth-order valence-electron chi connectivity index (χ4n) is 3.99. The monoisotopic (exact) mass is 307 g/mol. The van der Waals surface area contributed by atoms with E-state index in [1.165, 1.54) is 6.42 Å². The van der Waals surface area contributed by atoms with Crippen molar-refractivity contribution < 1.29 is 9.59 Å². The van der Waals surface area contributed by atoms with Gasteiger partial charge in [-0.05, 0) is 51.0 Å². The molecule has 1 unspecified atom stereocenters. The third kappa shape index (κ3) is 3.80. The van der Waals surface area contributed by atoms with Crippen LogP contribution in [0.1, 0.15) is 51.4 Å². The van der Waals surface area contributed by atoms with E-state index in [0.717, 1.165) is 77.7 Å². The van der Waals surface area contributed by atoms with Gasteiger partial charge in [0, 0.05) is 32.6 Å². The summed E-state index contributed by atoms with van der Waals surface area (Å²) < 4.78 is 0. The van der Waals surface area contributed by atoms with Crippen LogP contribution in [0.3, 0.4) is 0 Å². The van der Waals surface area contributed by atoms with Crippen LogP contribution in [0, 0.1) is 5.92 Å². The number of carbonyl (C=O) groups is 2. The van der Waals surface area contributed by atoms with Gasteiger partial charge in [-0.25, -0.2) is 0 Å². The van der Waals surface area contributed by atoms with Gasteiger partial charge >= 0.3 is 0 Å². The molecule has 1 atom stereocenters. The van der Waals surface area contributed by atoms with E-state index >= 15 is 0 Å². The Morgan fingerprint density at radius 2 is 1.86 bits per heavy atom. The van der Waals surface area contributed by atoms with Crippen molar-refractivity contribution in [1.29, 1.82) is 0 Å². The van der Waals surface area contributed by atoms with Gasteiger partial charge in [-0.3, -0.25) is 9.59 Å². The lowest BCUT2D eigenvalue weighted by atomic mass is 9.94. The molecular formula is C17H29N3O2. The molecule has 1 N–H and O–H groups in total. The van der Waals surface area contributed by atoms with Gasteiger partial charge in [-0.2, -0.15) is 0 Å². The summed E-state index contributed by atoms with van der Waals surface area (Å²) in [5, 5.41) is 3.35.